The second kappa shape index (κ2) is 7.26. The second-order valence-corrected chi connectivity index (χ2v) is 9.11. The molecule has 1 aliphatic carbocycles. The third kappa shape index (κ3) is 3.95. The van der Waals surface area contributed by atoms with Gasteiger partial charge in [0.2, 0.25) is 9.84 Å². The Morgan fingerprint density at radius 2 is 1.93 bits per heavy atom. The van der Waals surface area contributed by atoms with Crippen molar-refractivity contribution < 1.29 is 8.42 Å². The SMILES string of the molecule is O=c1[nH]c2ccccc2cc1CS(=O)(=O)c1n[nH]c(CCC2CCCC2)n1. The van der Waals surface area contributed by atoms with Crippen molar-refractivity contribution in [2.45, 2.75) is 49.4 Å². The summed E-state index contributed by atoms with van der Waals surface area (Å²) in [6.45, 7) is 0. The number of hydrogen-bond donors (Lipinski definition) is 2. The first-order valence-electron chi connectivity index (χ1n) is 9.26. The minimum absolute atomic E-state index is 0.186. The number of aromatic amines is 2. The highest BCUT2D eigenvalue weighted by molar-refractivity contribution is 7.90. The summed E-state index contributed by atoms with van der Waals surface area (Å²) in [5, 5.41) is 7.17. The van der Waals surface area contributed by atoms with Gasteiger partial charge in [-0.25, -0.2) is 13.4 Å². The molecule has 1 aliphatic rings. The number of para-hydroxylation sites is 1. The van der Waals surface area contributed by atoms with Gasteiger partial charge in [0.1, 0.15) is 5.82 Å². The Labute approximate surface area is 157 Å². The van der Waals surface area contributed by atoms with Gasteiger partial charge in [-0.15, -0.1) is 5.10 Å². The summed E-state index contributed by atoms with van der Waals surface area (Å²) in [7, 11) is -3.79. The van der Waals surface area contributed by atoms with Crippen LogP contribution in [-0.2, 0) is 22.0 Å². The molecule has 0 bridgehead atoms. The van der Waals surface area contributed by atoms with Crippen LogP contribution in [0.4, 0.5) is 0 Å². The lowest BCUT2D eigenvalue weighted by Crippen LogP contribution is -2.17. The number of sulfone groups is 1. The number of aryl methyl sites for hydroxylation is 1. The van der Waals surface area contributed by atoms with Crippen LogP contribution in [0.25, 0.3) is 10.9 Å². The van der Waals surface area contributed by atoms with E-state index in [2.05, 4.69) is 20.2 Å². The van der Waals surface area contributed by atoms with Crippen LogP contribution in [-0.4, -0.2) is 28.6 Å². The van der Waals surface area contributed by atoms with Crippen molar-refractivity contribution in [3.8, 4) is 0 Å². The molecule has 4 rings (SSSR count). The maximum absolute atomic E-state index is 12.7. The largest absolute Gasteiger partial charge is 0.322 e. The van der Waals surface area contributed by atoms with Gasteiger partial charge in [-0.05, 0) is 29.9 Å². The van der Waals surface area contributed by atoms with Gasteiger partial charge in [-0.1, -0.05) is 43.9 Å². The molecule has 0 aliphatic heterocycles. The van der Waals surface area contributed by atoms with E-state index in [1.54, 1.807) is 12.1 Å². The van der Waals surface area contributed by atoms with Crippen molar-refractivity contribution in [1.29, 1.82) is 0 Å². The quantitative estimate of drug-likeness (QED) is 0.677. The number of fused-ring (bicyclic) bond motifs is 1. The fourth-order valence-corrected chi connectivity index (χ4v) is 4.92. The second-order valence-electron chi connectivity index (χ2n) is 7.22. The minimum atomic E-state index is -3.79. The van der Waals surface area contributed by atoms with E-state index in [9.17, 15) is 13.2 Å². The molecule has 0 spiro atoms. The highest BCUT2D eigenvalue weighted by Gasteiger charge is 2.23. The number of pyridine rings is 1. The van der Waals surface area contributed by atoms with Crippen LogP contribution >= 0.6 is 0 Å². The Balaban J connectivity index is 1.52. The topological polar surface area (TPSA) is 109 Å². The fraction of sp³-hybridized carbons (Fsp3) is 0.421. The van der Waals surface area contributed by atoms with Crippen molar-refractivity contribution in [2.24, 2.45) is 5.92 Å². The van der Waals surface area contributed by atoms with Crippen LogP contribution in [0.3, 0.4) is 0 Å². The zero-order valence-electron chi connectivity index (χ0n) is 14.9. The summed E-state index contributed by atoms with van der Waals surface area (Å²) >= 11 is 0. The molecule has 2 N–H and O–H groups in total. The number of H-pyrrole nitrogens is 2. The molecule has 1 aromatic carbocycles. The smallest absolute Gasteiger partial charge is 0.267 e. The Hall–Kier alpha value is -2.48. The highest BCUT2D eigenvalue weighted by Crippen LogP contribution is 2.28. The molecule has 2 aromatic heterocycles. The van der Waals surface area contributed by atoms with Gasteiger partial charge >= 0.3 is 0 Å². The van der Waals surface area contributed by atoms with Crippen LogP contribution < -0.4 is 5.56 Å². The highest BCUT2D eigenvalue weighted by atomic mass is 32.2. The Morgan fingerprint density at radius 3 is 2.74 bits per heavy atom. The molecule has 142 valence electrons. The van der Waals surface area contributed by atoms with Crippen LogP contribution in [0.2, 0.25) is 0 Å². The molecule has 1 saturated carbocycles. The molecular weight excluding hydrogens is 364 g/mol. The molecule has 27 heavy (non-hydrogen) atoms. The number of rotatable bonds is 6. The Bertz CT molecular complexity index is 1110. The average Bonchev–Trinajstić information content (AvgIpc) is 3.32. The van der Waals surface area contributed by atoms with Gasteiger partial charge in [0.25, 0.3) is 10.7 Å². The first-order chi connectivity index (χ1) is 13.0. The van der Waals surface area contributed by atoms with Crippen LogP contribution in [0.1, 0.15) is 43.5 Å². The number of nitrogens with zero attached hydrogens (tertiary/aromatic N) is 2. The first kappa shape index (κ1) is 17.9. The Kier molecular flexibility index (Phi) is 4.82. The molecule has 0 saturated heterocycles. The van der Waals surface area contributed by atoms with Crippen LogP contribution in [0.5, 0.6) is 0 Å². The third-order valence-electron chi connectivity index (χ3n) is 5.23. The van der Waals surface area contributed by atoms with E-state index in [-0.39, 0.29) is 10.7 Å². The maximum Gasteiger partial charge on any atom is 0.267 e. The molecule has 3 aromatic rings. The first-order valence-corrected chi connectivity index (χ1v) is 10.9. The van der Waals surface area contributed by atoms with Crippen molar-refractivity contribution in [3.05, 3.63) is 52.1 Å². The molecule has 8 heteroatoms. The Morgan fingerprint density at radius 1 is 1.15 bits per heavy atom. The molecule has 0 radical (unpaired) electrons. The van der Waals surface area contributed by atoms with E-state index in [1.165, 1.54) is 25.7 Å². The zero-order valence-corrected chi connectivity index (χ0v) is 15.8. The van der Waals surface area contributed by atoms with E-state index in [1.807, 2.05) is 18.2 Å². The van der Waals surface area contributed by atoms with Gasteiger partial charge in [-0.3, -0.25) is 9.89 Å². The summed E-state index contributed by atoms with van der Waals surface area (Å²) in [6.07, 6.45) is 6.73. The summed E-state index contributed by atoms with van der Waals surface area (Å²) < 4.78 is 25.3. The summed E-state index contributed by atoms with van der Waals surface area (Å²) in [4.78, 5) is 19.1. The van der Waals surface area contributed by atoms with E-state index >= 15 is 0 Å². The minimum Gasteiger partial charge on any atom is -0.322 e. The predicted molar refractivity (Wildman–Crippen MR) is 102 cm³/mol. The molecular formula is C19H22N4O3S. The predicted octanol–water partition coefficient (Wildman–Crippen LogP) is 2.74. The molecule has 2 heterocycles. The summed E-state index contributed by atoms with van der Waals surface area (Å²) in [5.41, 5.74) is 0.455. The lowest BCUT2D eigenvalue weighted by Gasteiger charge is -2.05. The van der Waals surface area contributed by atoms with Gasteiger partial charge in [0.05, 0.1) is 5.75 Å². The molecule has 7 nitrogen and oxygen atoms in total. The monoisotopic (exact) mass is 386 g/mol. The van der Waals surface area contributed by atoms with E-state index < -0.39 is 21.1 Å². The summed E-state index contributed by atoms with van der Waals surface area (Å²) in [5.74, 6) is 0.867. The maximum atomic E-state index is 12.7. The van der Waals surface area contributed by atoms with Crippen molar-refractivity contribution in [3.63, 3.8) is 0 Å². The lowest BCUT2D eigenvalue weighted by molar-refractivity contribution is 0.497. The van der Waals surface area contributed by atoms with Crippen molar-refractivity contribution >= 4 is 20.7 Å². The average molecular weight is 386 g/mol. The number of benzene rings is 1. The fourth-order valence-electron chi connectivity index (χ4n) is 3.74. The van der Waals surface area contributed by atoms with Gasteiger partial charge < -0.3 is 4.98 Å². The zero-order chi connectivity index (χ0) is 18.9. The molecule has 0 amide bonds. The summed E-state index contributed by atoms with van der Waals surface area (Å²) in [6, 6.07) is 8.87. The van der Waals surface area contributed by atoms with Crippen molar-refractivity contribution in [2.75, 3.05) is 0 Å². The van der Waals surface area contributed by atoms with E-state index in [4.69, 9.17) is 0 Å². The molecule has 1 fully saturated rings. The standard InChI is InChI=1S/C19H22N4O3S/c24-18-15(11-14-7-3-4-8-16(14)20-18)12-27(25,26)19-21-17(22-23-19)10-9-13-5-1-2-6-13/h3-4,7-8,11,13H,1-2,5-6,9-10,12H2,(H,20,24)(H,21,22,23). The van der Waals surface area contributed by atoms with Crippen LogP contribution in [0.15, 0.2) is 40.3 Å². The van der Waals surface area contributed by atoms with Crippen molar-refractivity contribution in [1.82, 2.24) is 20.2 Å². The van der Waals surface area contributed by atoms with Gasteiger partial charge in [0.15, 0.2) is 0 Å². The normalized spacial score (nSPS) is 15.6. The number of aromatic nitrogens is 4. The van der Waals surface area contributed by atoms with E-state index in [0.717, 1.165) is 11.8 Å². The third-order valence-corrected chi connectivity index (χ3v) is 6.66. The number of hydrogen-bond acceptors (Lipinski definition) is 5. The van der Waals surface area contributed by atoms with Gasteiger partial charge in [0, 0.05) is 17.5 Å². The molecule has 0 unspecified atom stereocenters. The van der Waals surface area contributed by atoms with Crippen LogP contribution in [0, 0.1) is 5.92 Å². The number of nitrogens with one attached hydrogen (secondary N) is 2. The van der Waals surface area contributed by atoms with E-state index in [0.29, 0.717) is 23.7 Å². The lowest BCUT2D eigenvalue weighted by atomic mass is 10.0. The molecule has 0 atom stereocenters. The van der Waals surface area contributed by atoms with Gasteiger partial charge in [-0.2, -0.15) is 0 Å².